The lowest BCUT2D eigenvalue weighted by molar-refractivity contribution is -0.118. The first-order chi connectivity index (χ1) is 8.63. The maximum absolute atomic E-state index is 12.2. The molecule has 0 saturated carbocycles. The predicted octanol–water partition coefficient (Wildman–Crippen LogP) is 1.49. The van der Waals surface area contributed by atoms with Crippen LogP contribution in [0.3, 0.4) is 0 Å². The summed E-state index contributed by atoms with van der Waals surface area (Å²) >= 11 is 0. The number of fused-ring (bicyclic) bond motifs is 1. The first-order valence-corrected chi connectivity index (χ1v) is 6.00. The molecule has 0 radical (unpaired) electrons. The van der Waals surface area contributed by atoms with Crippen molar-refractivity contribution in [2.24, 2.45) is 10.9 Å². The van der Waals surface area contributed by atoms with Crippen LogP contribution in [0.15, 0.2) is 29.4 Å². The monoisotopic (exact) mass is 247 g/mol. The summed E-state index contributed by atoms with van der Waals surface area (Å²) in [5.41, 5.74) is 7.51. The number of carbonyl (C=O) groups excluding carboxylic acids is 1. The van der Waals surface area contributed by atoms with Crippen LogP contribution in [0.1, 0.15) is 25.3 Å². The van der Waals surface area contributed by atoms with Gasteiger partial charge in [-0.2, -0.15) is 0 Å². The van der Waals surface area contributed by atoms with Gasteiger partial charge in [0.15, 0.2) is 0 Å². The van der Waals surface area contributed by atoms with E-state index in [1.807, 2.05) is 31.2 Å². The molecule has 1 amide bonds. The minimum Gasteiger partial charge on any atom is -0.409 e. The van der Waals surface area contributed by atoms with Crippen molar-refractivity contribution < 1.29 is 10.0 Å². The van der Waals surface area contributed by atoms with Crippen LogP contribution in [-0.4, -0.2) is 23.0 Å². The molecule has 2 rings (SSSR count). The summed E-state index contributed by atoms with van der Waals surface area (Å²) in [6.45, 7) is 2.01. The van der Waals surface area contributed by atoms with Crippen molar-refractivity contribution >= 4 is 17.4 Å². The molecule has 1 aliphatic rings. The van der Waals surface area contributed by atoms with Gasteiger partial charge in [-0.25, -0.2) is 0 Å². The SMILES string of the molecule is CC1CCc2ccccc2N1C(=O)C/C(N)=N/O. The number of carbonyl (C=O) groups is 1. The molecule has 96 valence electrons. The second-order valence-corrected chi connectivity index (χ2v) is 4.55. The van der Waals surface area contributed by atoms with Crippen LogP contribution in [-0.2, 0) is 11.2 Å². The number of oxime groups is 1. The Bertz CT molecular complexity index is 485. The smallest absolute Gasteiger partial charge is 0.234 e. The summed E-state index contributed by atoms with van der Waals surface area (Å²) in [4.78, 5) is 13.9. The van der Waals surface area contributed by atoms with Crippen LogP contribution < -0.4 is 10.6 Å². The van der Waals surface area contributed by atoms with Gasteiger partial charge in [-0.15, -0.1) is 0 Å². The maximum Gasteiger partial charge on any atom is 0.234 e. The second-order valence-electron chi connectivity index (χ2n) is 4.55. The molecule has 0 aromatic heterocycles. The van der Waals surface area contributed by atoms with Crippen molar-refractivity contribution in [2.45, 2.75) is 32.2 Å². The first kappa shape index (κ1) is 12.4. The highest BCUT2D eigenvalue weighted by Crippen LogP contribution is 2.30. The Morgan fingerprint density at radius 1 is 1.56 bits per heavy atom. The van der Waals surface area contributed by atoms with E-state index in [-0.39, 0.29) is 24.2 Å². The molecule has 0 saturated heterocycles. The standard InChI is InChI=1S/C13H17N3O2/c1-9-6-7-10-4-2-3-5-11(10)16(9)13(17)8-12(14)15-18/h2-5,9,18H,6-8H2,1H3,(H2,14,15). The van der Waals surface area contributed by atoms with Crippen LogP contribution >= 0.6 is 0 Å². The topological polar surface area (TPSA) is 78.9 Å². The summed E-state index contributed by atoms with van der Waals surface area (Å²) in [7, 11) is 0. The Morgan fingerprint density at radius 3 is 3.00 bits per heavy atom. The number of hydrogen-bond acceptors (Lipinski definition) is 3. The lowest BCUT2D eigenvalue weighted by atomic mass is 9.96. The third-order valence-electron chi connectivity index (χ3n) is 3.25. The molecular formula is C13H17N3O2. The van der Waals surface area contributed by atoms with Gasteiger partial charge in [0, 0.05) is 11.7 Å². The van der Waals surface area contributed by atoms with E-state index in [0.29, 0.717) is 0 Å². The fourth-order valence-electron chi connectivity index (χ4n) is 2.34. The van der Waals surface area contributed by atoms with Crippen molar-refractivity contribution in [2.75, 3.05) is 4.90 Å². The Morgan fingerprint density at radius 2 is 2.28 bits per heavy atom. The second kappa shape index (κ2) is 5.08. The van der Waals surface area contributed by atoms with Gasteiger partial charge in [0.05, 0.1) is 6.42 Å². The summed E-state index contributed by atoms with van der Waals surface area (Å²) in [5, 5.41) is 11.4. The fourth-order valence-corrected chi connectivity index (χ4v) is 2.34. The molecule has 1 aromatic carbocycles. The average Bonchev–Trinajstić information content (AvgIpc) is 2.38. The van der Waals surface area contributed by atoms with E-state index >= 15 is 0 Å². The van der Waals surface area contributed by atoms with Crippen LogP contribution in [0.4, 0.5) is 5.69 Å². The number of benzene rings is 1. The molecule has 18 heavy (non-hydrogen) atoms. The van der Waals surface area contributed by atoms with Crippen molar-refractivity contribution in [1.29, 1.82) is 0 Å². The zero-order valence-corrected chi connectivity index (χ0v) is 10.3. The fraction of sp³-hybridized carbons (Fsp3) is 0.385. The zero-order chi connectivity index (χ0) is 13.1. The van der Waals surface area contributed by atoms with Gasteiger partial charge in [-0.3, -0.25) is 4.79 Å². The molecule has 5 heteroatoms. The van der Waals surface area contributed by atoms with Crippen LogP contribution in [0.25, 0.3) is 0 Å². The van der Waals surface area contributed by atoms with Crippen molar-refractivity contribution in [1.82, 2.24) is 0 Å². The molecule has 1 heterocycles. The number of hydrogen-bond donors (Lipinski definition) is 2. The van der Waals surface area contributed by atoms with E-state index in [4.69, 9.17) is 10.9 Å². The van der Waals surface area contributed by atoms with E-state index in [9.17, 15) is 4.79 Å². The summed E-state index contributed by atoms with van der Waals surface area (Å²) in [6, 6.07) is 8.00. The number of amidine groups is 1. The molecule has 0 spiro atoms. The molecule has 0 aliphatic carbocycles. The van der Waals surface area contributed by atoms with E-state index in [1.165, 1.54) is 5.56 Å². The Hall–Kier alpha value is -2.04. The van der Waals surface area contributed by atoms with Crippen molar-refractivity contribution in [3.63, 3.8) is 0 Å². The Kier molecular flexibility index (Phi) is 3.50. The molecule has 3 N–H and O–H groups in total. The summed E-state index contributed by atoms with van der Waals surface area (Å²) < 4.78 is 0. The van der Waals surface area contributed by atoms with Crippen LogP contribution in [0.2, 0.25) is 0 Å². The van der Waals surface area contributed by atoms with E-state index in [1.54, 1.807) is 4.90 Å². The average molecular weight is 247 g/mol. The predicted molar refractivity (Wildman–Crippen MR) is 69.7 cm³/mol. The van der Waals surface area contributed by atoms with Crippen molar-refractivity contribution in [3.05, 3.63) is 29.8 Å². The quantitative estimate of drug-likeness (QED) is 0.359. The van der Waals surface area contributed by atoms with E-state index in [0.717, 1.165) is 18.5 Å². The maximum atomic E-state index is 12.2. The van der Waals surface area contributed by atoms with Gasteiger partial charge in [0.2, 0.25) is 5.91 Å². The zero-order valence-electron chi connectivity index (χ0n) is 10.3. The molecule has 1 aromatic rings. The van der Waals surface area contributed by atoms with Gasteiger partial charge in [-0.1, -0.05) is 23.4 Å². The third kappa shape index (κ3) is 2.30. The van der Waals surface area contributed by atoms with Gasteiger partial charge >= 0.3 is 0 Å². The summed E-state index contributed by atoms with van der Waals surface area (Å²) in [6.07, 6.45) is 1.85. The number of aryl methyl sites for hydroxylation is 1. The number of nitrogens with two attached hydrogens (primary N) is 1. The lowest BCUT2D eigenvalue weighted by Crippen LogP contribution is -2.43. The minimum atomic E-state index is -0.134. The molecule has 1 atom stereocenters. The highest BCUT2D eigenvalue weighted by molar-refractivity contribution is 6.06. The number of nitrogens with zero attached hydrogens (tertiary/aromatic N) is 2. The molecule has 0 fully saturated rings. The number of rotatable bonds is 2. The Labute approximate surface area is 106 Å². The van der Waals surface area contributed by atoms with Gasteiger partial charge in [0.1, 0.15) is 5.84 Å². The Balaban J connectivity index is 2.29. The van der Waals surface area contributed by atoms with Crippen LogP contribution in [0.5, 0.6) is 0 Å². The van der Waals surface area contributed by atoms with Crippen molar-refractivity contribution in [3.8, 4) is 0 Å². The number of anilines is 1. The van der Waals surface area contributed by atoms with E-state index < -0.39 is 0 Å². The van der Waals surface area contributed by atoms with Gasteiger partial charge in [-0.05, 0) is 31.4 Å². The molecule has 5 nitrogen and oxygen atoms in total. The summed E-state index contributed by atoms with van der Waals surface area (Å²) in [5.74, 6) is -0.194. The highest BCUT2D eigenvalue weighted by atomic mass is 16.4. The lowest BCUT2D eigenvalue weighted by Gasteiger charge is -2.35. The number of amides is 1. The largest absolute Gasteiger partial charge is 0.409 e. The molecule has 0 bridgehead atoms. The molecular weight excluding hydrogens is 230 g/mol. The van der Waals surface area contributed by atoms with Gasteiger partial charge in [0.25, 0.3) is 0 Å². The van der Waals surface area contributed by atoms with Crippen LogP contribution in [0, 0.1) is 0 Å². The normalized spacial score (nSPS) is 19.5. The molecule has 1 aliphatic heterocycles. The van der Waals surface area contributed by atoms with Gasteiger partial charge < -0.3 is 15.8 Å². The minimum absolute atomic E-state index is 0.0599. The highest BCUT2D eigenvalue weighted by Gasteiger charge is 2.28. The number of para-hydroxylation sites is 1. The molecule has 1 unspecified atom stereocenters. The first-order valence-electron chi connectivity index (χ1n) is 6.00. The van der Waals surface area contributed by atoms with E-state index in [2.05, 4.69) is 5.16 Å². The third-order valence-corrected chi connectivity index (χ3v) is 3.25.